The Kier molecular flexibility index (Phi) is 10.9. The molecule has 208 valence electrons. The van der Waals surface area contributed by atoms with Crippen molar-refractivity contribution >= 4 is 44.8 Å². The van der Waals surface area contributed by atoms with E-state index in [0.717, 1.165) is 16.6 Å². The molecule has 0 aliphatic rings. The van der Waals surface area contributed by atoms with E-state index in [9.17, 15) is 28.1 Å². The van der Waals surface area contributed by atoms with Gasteiger partial charge < -0.3 is 15.0 Å². The molecule has 2 atom stereocenters. The number of ether oxygens (including phenoxy) is 1. The van der Waals surface area contributed by atoms with Gasteiger partial charge in [-0.05, 0) is 43.5 Å². The second-order valence-corrected chi connectivity index (χ2v) is 11.1. The van der Waals surface area contributed by atoms with Gasteiger partial charge in [0.15, 0.2) is 0 Å². The summed E-state index contributed by atoms with van der Waals surface area (Å²) < 4.78 is 31.6. The quantitative estimate of drug-likeness (QED) is 0.287. The minimum absolute atomic E-state index is 0.00606. The maximum Gasteiger partial charge on any atom is 0.271 e. The van der Waals surface area contributed by atoms with E-state index in [1.807, 2.05) is 13.8 Å². The number of nitrogens with one attached hydrogen (secondary N) is 1. The Labute approximate surface area is 227 Å². The van der Waals surface area contributed by atoms with Gasteiger partial charge in [-0.15, -0.1) is 0 Å². The molecule has 2 amide bonds. The number of halogens is 1. The summed E-state index contributed by atoms with van der Waals surface area (Å²) in [7, 11) is -2.83. The van der Waals surface area contributed by atoms with Crippen LogP contribution in [0.2, 0.25) is 5.02 Å². The fourth-order valence-corrected chi connectivity index (χ4v) is 4.70. The highest BCUT2D eigenvalue weighted by Crippen LogP contribution is 2.34. The molecule has 38 heavy (non-hydrogen) atoms. The maximum atomic E-state index is 13.8. The lowest BCUT2D eigenvalue weighted by Gasteiger charge is -2.33. The number of nitro benzene ring substituents is 1. The number of anilines is 1. The number of sulfonamides is 1. The molecule has 13 heteroatoms. The molecule has 0 saturated carbocycles. The lowest BCUT2D eigenvalue weighted by molar-refractivity contribution is -0.384. The van der Waals surface area contributed by atoms with E-state index in [-0.39, 0.29) is 42.0 Å². The second-order valence-electron chi connectivity index (χ2n) is 8.77. The van der Waals surface area contributed by atoms with Gasteiger partial charge in [0.2, 0.25) is 21.8 Å². The van der Waals surface area contributed by atoms with Crippen molar-refractivity contribution < 1.29 is 27.7 Å². The molecule has 2 rings (SSSR count). The molecule has 0 radical (unpaired) electrons. The standard InChI is InChI=1S/C25H33ClN4O7S/c1-6-17(3)27-25(32)21(7-2)28(15-18-8-10-19(26)11-9-18)24(31)16-29(38(5,35)36)22-14-20(30(33)34)12-13-23(22)37-4/h8-14,17,21H,6-7,15-16H2,1-5H3,(H,27,32). The number of methoxy groups -OCH3 is 1. The molecule has 0 fully saturated rings. The summed E-state index contributed by atoms with van der Waals surface area (Å²) in [5.74, 6) is -1.02. The van der Waals surface area contributed by atoms with Crippen LogP contribution in [0.25, 0.3) is 0 Å². The number of rotatable bonds is 13. The first kappa shape index (κ1) is 30.8. The van der Waals surface area contributed by atoms with Gasteiger partial charge in [0, 0.05) is 29.7 Å². The maximum absolute atomic E-state index is 13.8. The number of hydrogen-bond acceptors (Lipinski definition) is 7. The monoisotopic (exact) mass is 568 g/mol. The van der Waals surface area contributed by atoms with E-state index < -0.39 is 33.4 Å². The Hall–Kier alpha value is -3.38. The van der Waals surface area contributed by atoms with Crippen molar-refractivity contribution in [2.75, 3.05) is 24.2 Å². The summed E-state index contributed by atoms with van der Waals surface area (Å²) in [6, 6.07) is 9.14. The van der Waals surface area contributed by atoms with Crippen molar-refractivity contribution in [2.24, 2.45) is 0 Å². The van der Waals surface area contributed by atoms with Crippen molar-refractivity contribution in [3.05, 3.63) is 63.2 Å². The molecule has 2 unspecified atom stereocenters. The molecule has 0 spiro atoms. The van der Waals surface area contributed by atoms with Crippen molar-refractivity contribution in [1.82, 2.24) is 10.2 Å². The summed E-state index contributed by atoms with van der Waals surface area (Å²) in [6.07, 6.45) is 1.83. The van der Waals surface area contributed by atoms with E-state index in [1.54, 1.807) is 31.2 Å². The molecule has 0 aliphatic carbocycles. The number of nitrogens with zero attached hydrogens (tertiary/aromatic N) is 3. The molecular weight excluding hydrogens is 536 g/mol. The van der Waals surface area contributed by atoms with E-state index in [2.05, 4.69) is 5.32 Å². The zero-order valence-corrected chi connectivity index (χ0v) is 23.6. The van der Waals surface area contributed by atoms with Crippen LogP contribution in [-0.2, 0) is 26.2 Å². The van der Waals surface area contributed by atoms with Crippen LogP contribution in [0.15, 0.2) is 42.5 Å². The van der Waals surface area contributed by atoms with Crippen LogP contribution in [-0.4, -0.2) is 62.0 Å². The largest absolute Gasteiger partial charge is 0.495 e. The average Bonchev–Trinajstić information content (AvgIpc) is 2.86. The second kappa shape index (κ2) is 13.4. The van der Waals surface area contributed by atoms with Crippen molar-refractivity contribution in [3.63, 3.8) is 0 Å². The normalized spacial score (nSPS) is 12.8. The van der Waals surface area contributed by atoms with Crippen LogP contribution in [0.3, 0.4) is 0 Å². The minimum atomic E-state index is -4.11. The van der Waals surface area contributed by atoms with Crippen LogP contribution in [0.4, 0.5) is 11.4 Å². The summed E-state index contributed by atoms with van der Waals surface area (Å²) >= 11 is 6.00. The lowest BCUT2D eigenvalue weighted by atomic mass is 10.1. The Balaban J connectivity index is 2.55. The molecule has 0 aromatic heterocycles. The Morgan fingerprint density at radius 1 is 1.13 bits per heavy atom. The van der Waals surface area contributed by atoms with E-state index in [4.69, 9.17) is 16.3 Å². The molecule has 0 bridgehead atoms. The van der Waals surface area contributed by atoms with Crippen molar-refractivity contribution in [2.45, 2.75) is 52.2 Å². The summed E-state index contributed by atoms with van der Waals surface area (Å²) in [5, 5.41) is 14.7. The van der Waals surface area contributed by atoms with Gasteiger partial charge >= 0.3 is 0 Å². The number of hydrogen-bond donors (Lipinski definition) is 1. The molecular formula is C25H33ClN4O7S. The van der Waals surface area contributed by atoms with Gasteiger partial charge in [0.1, 0.15) is 24.0 Å². The number of nitro groups is 1. The summed E-state index contributed by atoms with van der Waals surface area (Å²) in [6.45, 7) is 4.80. The number of amides is 2. The van der Waals surface area contributed by atoms with Gasteiger partial charge in [-0.1, -0.05) is 37.6 Å². The van der Waals surface area contributed by atoms with Gasteiger partial charge in [-0.3, -0.25) is 24.0 Å². The third-order valence-electron chi connectivity index (χ3n) is 5.97. The van der Waals surface area contributed by atoms with Crippen LogP contribution >= 0.6 is 11.6 Å². The molecule has 2 aromatic rings. The molecule has 0 saturated heterocycles. The number of carbonyl (C=O) groups is 2. The molecule has 1 N–H and O–H groups in total. The van der Waals surface area contributed by atoms with Gasteiger partial charge in [-0.2, -0.15) is 0 Å². The third-order valence-corrected chi connectivity index (χ3v) is 7.35. The van der Waals surface area contributed by atoms with Gasteiger partial charge in [0.05, 0.1) is 18.3 Å². The number of carbonyl (C=O) groups excluding carboxylic acids is 2. The number of non-ortho nitro benzene ring substituents is 1. The first-order chi connectivity index (χ1) is 17.8. The first-order valence-electron chi connectivity index (χ1n) is 12.0. The third kappa shape index (κ3) is 8.06. The highest BCUT2D eigenvalue weighted by Gasteiger charge is 2.33. The Morgan fingerprint density at radius 3 is 2.26 bits per heavy atom. The van der Waals surface area contributed by atoms with E-state index >= 15 is 0 Å². The molecule has 11 nitrogen and oxygen atoms in total. The average molecular weight is 569 g/mol. The fourth-order valence-electron chi connectivity index (χ4n) is 3.73. The van der Waals surface area contributed by atoms with E-state index in [1.165, 1.54) is 24.1 Å². The van der Waals surface area contributed by atoms with Gasteiger partial charge in [-0.25, -0.2) is 8.42 Å². The first-order valence-corrected chi connectivity index (χ1v) is 14.2. The van der Waals surface area contributed by atoms with Crippen LogP contribution in [0, 0.1) is 10.1 Å². The Morgan fingerprint density at radius 2 is 1.76 bits per heavy atom. The van der Waals surface area contributed by atoms with Crippen LogP contribution in [0.1, 0.15) is 39.2 Å². The van der Waals surface area contributed by atoms with Gasteiger partial charge in [0.25, 0.3) is 5.69 Å². The molecule has 2 aromatic carbocycles. The minimum Gasteiger partial charge on any atom is -0.495 e. The molecule has 0 aliphatic heterocycles. The van der Waals surface area contributed by atoms with E-state index in [0.29, 0.717) is 17.0 Å². The number of benzene rings is 2. The predicted molar refractivity (Wildman–Crippen MR) is 146 cm³/mol. The summed E-state index contributed by atoms with van der Waals surface area (Å²) in [5.41, 5.74) is 0.136. The topological polar surface area (TPSA) is 139 Å². The Bertz CT molecular complexity index is 1250. The summed E-state index contributed by atoms with van der Waals surface area (Å²) in [4.78, 5) is 38.9. The van der Waals surface area contributed by atoms with Crippen LogP contribution in [0.5, 0.6) is 5.75 Å². The predicted octanol–water partition coefficient (Wildman–Crippen LogP) is 3.74. The zero-order chi connectivity index (χ0) is 28.6. The van der Waals surface area contributed by atoms with Crippen molar-refractivity contribution in [1.29, 1.82) is 0 Å². The highest BCUT2D eigenvalue weighted by atomic mass is 35.5. The fraction of sp³-hybridized carbons (Fsp3) is 0.440. The molecule has 0 heterocycles. The lowest BCUT2D eigenvalue weighted by Crippen LogP contribution is -2.53. The zero-order valence-electron chi connectivity index (χ0n) is 22.0. The SMILES string of the molecule is CCC(C)NC(=O)C(CC)N(Cc1ccc(Cl)cc1)C(=O)CN(c1cc([N+](=O)[O-])ccc1OC)S(C)(=O)=O. The van der Waals surface area contributed by atoms with Crippen molar-refractivity contribution in [3.8, 4) is 5.75 Å². The smallest absolute Gasteiger partial charge is 0.271 e. The highest BCUT2D eigenvalue weighted by molar-refractivity contribution is 7.92. The van der Waals surface area contributed by atoms with Crippen LogP contribution < -0.4 is 14.4 Å².